The number of thiazole rings is 1. The van der Waals surface area contributed by atoms with Crippen LogP contribution in [0.4, 0.5) is 5.13 Å². The third-order valence-electron chi connectivity index (χ3n) is 6.87. The van der Waals surface area contributed by atoms with Crippen LogP contribution in [0.3, 0.4) is 0 Å². The van der Waals surface area contributed by atoms with Gasteiger partial charge in [-0.3, -0.25) is 14.5 Å². The molecule has 1 saturated heterocycles. The Morgan fingerprint density at radius 1 is 0.929 bits per heavy atom. The van der Waals surface area contributed by atoms with Gasteiger partial charge in [0.2, 0.25) is 0 Å². The molecule has 0 aliphatic carbocycles. The number of rotatable bonds is 8. The van der Waals surface area contributed by atoms with Gasteiger partial charge in [-0.1, -0.05) is 65.4 Å². The third-order valence-corrected chi connectivity index (χ3v) is 8.13. The number of nitrogens with zero attached hydrogens (tertiary/aromatic N) is 2. The second-order valence-electron chi connectivity index (χ2n) is 9.58. The quantitative estimate of drug-likeness (QED) is 0.113. The van der Waals surface area contributed by atoms with Crippen molar-refractivity contribution in [1.29, 1.82) is 0 Å². The molecule has 1 amide bonds. The summed E-state index contributed by atoms with van der Waals surface area (Å²) in [6.45, 7) is 2.77. The Bertz CT molecular complexity index is 1800. The number of aliphatic hydroxyl groups is 1. The molecule has 42 heavy (non-hydrogen) atoms. The van der Waals surface area contributed by atoms with Crippen molar-refractivity contribution >= 4 is 55.7 Å². The number of ketones is 1. The molecule has 4 aromatic carbocycles. The predicted octanol–water partition coefficient (Wildman–Crippen LogP) is 7.55. The molecule has 1 atom stereocenters. The minimum absolute atomic E-state index is 0.0283. The van der Waals surface area contributed by atoms with E-state index < -0.39 is 17.7 Å². The number of hydrogen-bond donors (Lipinski definition) is 1. The Labute approximate surface area is 251 Å². The van der Waals surface area contributed by atoms with Crippen LogP contribution in [0.15, 0.2) is 103 Å². The summed E-state index contributed by atoms with van der Waals surface area (Å²) < 4.78 is 12.2. The van der Waals surface area contributed by atoms with Crippen molar-refractivity contribution in [2.45, 2.75) is 19.6 Å². The lowest BCUT2D eigenvalue weighted by atomic mass is 9.95. The van der Waals surface area contributed by atoms with Crippen LogP contribution in [-0.4, -0.2) is 28.4 Å². The van der Waals surface area contributed by atoms with Crippen molar-refractivity contribution in [3.05, 3.63) is 124 Å². The molecule has 1 aliphatic heterocycles. The van der Waals surface area contributed by atoms with Crippen molar-refractivity contribution in [3.8, 4) is 11.5 Å². The number of amides is 1. The molecule has 210 valence electrons. The molecule has 1 aliphatic rings. The summed E-state index contributed by atoms with van der Waals surface area (Å²) in [5.41, 5.74) is 2.66. The van der Waals surface area contributed by atoms with Gasteiger partial charge in [0.05, 0.1) is 28.4 Å². The van der Waals surface area contributed by atoms with E-state index in [2.05, 4.69) is 4.98 Å². The largest absolute Gasteiger partial charge is 0.507 e. The lowest BCUT2D eigenvalue weighted by Crippen LogP contribution is -2.29. The monoisotopic (exact) mass is 596 g/mol. The first-order valence-electron chi connectivity index (χ1n) is 13.3. The molecule has 1 aromatic heterocycles. The van der Waals surface area contributed by atoms with Gasteiger partial charge in [-0.25, -0.2) is 4.98 Å². The number of ether oxygens (including phenoxy) is 2. The van der Waals surface area contributed by atoms with Crippen LogP contribution in [-0.2, 0) is 16.2 Å². The van der Waals surface area contributed by atoms with Crippen LogP contribution < -0.4 is 14.4 Å². The van der Waals surface area contributed by atoms with Crippen LogP contribution in [0.2, 0.25) is 5.02 Å². The van der Waals surface area contributed by atoms with Crippen molar-refractivity contribution < 1.29 is 24.2 Å². The van der Waals surface area contributed by atoms with E-state index in [1.807, 2.05) is 37.3 Å². The molecule has 6 rings (SSSR count). The predicted molar refractivity (Wildman–Crippen MR) is 164 cm³/mol. The molecule has 1 N–H and O–H groups in total. The molecule has 0 bridgehead atoms. The standard InChI is InChI=1S/C33H25ClN2O5S/c1-2-40-24-15-10-22(11-16-24)30(37)28-29(21-8-13-25(14-9-21)41-19-20-6-4-3-5-7-20)36(32(39)31(28)38)33-35-26-17-12-23(34)18-27(26)42-33/h3-18,29,37H,2,19H2,1H3. The Kier molecular flexibility index (Phi) is 7.65. The van der Waals surface area contributed by atoms with E-state index in [0.717, 1.165) is 10.3 Å². The maximum atomic E-state index is 13.6. The Morgan fingerprint density at radius 2 is 1.62 bits per heavy atom. The van der Waals surface area contributed by atoms with Gasteiger partial charge in [-0.2, -0.15) is 0 Å². The Hall–Kier alpha value is -4.66. The van der Waals surface area contributed by atoms with Crippen LogP contribution in [0.25, 0.3) is 16.0 Å². The van der Waals surface area contributed by atoms with Gasteiger partial charge in [0.1, 0.15) is 23.9 Å². The molecule has 2 heterocycles. The average Bonchev–Trinajstić information content (AvgIpc) is 3.54. The first kappa shape index (κ1) is 27.5. The summed E-state index contributed by atoms with van der Waals surface area (Å²) in [5, 5.41) is 12.3. The van der Waals surface area contributed by atoms with Crippen molar-refractivity contribution in [3.63, 3.8) is 0 Å². The molecule has 9 heteroatoms. The fourth-order valence-corrected chi connectivity index (χ4v) is 6.12. The molecule has 0 radical (unpaired) electrons. The molecule has 5 aromatic rings. The highest BCUT2D eigenvalue weighted by Crippen LogP contribution is 2.45. The average molecular weight is 597 g/mol. The maximum Gasteiger partial charge on any atom is 0.301 e. The van der Waals surface area contributed by atoms with Gasteiger partial charge < -0.3 is 14.6 Å². The van der Waals surface area contributed by atoms with Crippen molar-refractivity contribution in [1.82, 2.24) is 4.98 Å². The van der Waals surface area contributed by atoms with E-state index in [9.17, 15) is 14.7 Å². The zero-order valence-electron chi connectivity index (χ0n) is 22.5. The van der Waals surface area contributed by atoms with Crippen LogP contribution in [0.1, 0.15) is 29.7 Å². The van der Waals surface area contributed by atoms with Crippen LogP contribution in [0.5, 0.6) is 11.5 Å². The first-order chi connectivity index (χ1) is 20.4. The number of Topliss-reactive ketones (excluding diaryl/α,β-unsaturated/α-hetero) is 1. The number of aromatic nitrogens is 1. The summed E-state index contributed by atoms with van der Waals surface area (Å²) in [7, 11) is 0. The minimum Gasteiger partial charge on any atom is -0.507 e. The van der Waals surface area contributed by atoms with Gasteiger partial charge in [0.15, 0.2) is 5.13 Å². The number of hydrogen-bond acceptors (Lipinski definition) is 7. The highest BCUT2D eigenvalue weighted by Gasteiger charge is 2.48. The minimum atomic E-state index is -0.921. The second-order valence-corrected chi connectivity index (χ2v) is 11.0. The second kappa shape index (κ2) is 11.7. The number of fused-ring (bicyclic) bond motifs is 1. The van der Waals surface area contributed by atoms with E-state index >= 15 is 0 Å². The van der Waals surface area contributed by atoms with Gasteiger partial charge >= 0.3 is 5.91 Å². The smallest absolute Gasteiger partial charge is 0.301 e. The third kappa shape index (κ3) is 5.34. The Morgan fingerprint density at radius 3 is 2.33 bits per heavy atom. The number of anilines is 1. The SMILES string of the molecule is CCOc1ccc(C(O)=C2C(=O)C(=O)N(c3nc4ccc(Cl)cc4s3)C2c2ccc(OCc3ccccc3)cc2)cc1. The van der Waals surface area contributed by atoms with Gasteiger partial charge in [0, 0.05) is 10.6 Å². The summed E-state index contributed by atoms with van der Waals surface area (Å²) in [5.74, 6) is -0.599. The van der Waals surface area contributed by atoms with Crippen LogP contribution in [0, 0.1) is 0 Å². The lowest BCUT2D eigenvalue weighted by molar-refractivity contribution is -0.132. The fourth-order valence-electron chi connectivity index (χ4n) is 4.85. The van der Waals surface area contributed by atoms with Crippen molar-refractivity contribution in [2.24, 2.45) is 0 Å². The first-order valence-corrected chi connectivity index (χ1v) is 14.5. The van der Waals surface area contributed by atoms with E-state index in [-0.39, 0.29) is 11.3 Å². The topological polar surface area (TPSA) is 89.0 Å². The highest BCUT2D eigenvalue weighted by atomic mass is 35.5. The molecule has 1 unspecified atom stereocenters. The molecule has 0 saturated carbocycles. The molecular weight excluding hydrogens is 572 g/mol. The number of aliphatic hydroxyl groups excluding tert-OH is 1. The normalized spacial score (nSPS) is 16.2. The van der Waals surface area contributed by atoms with E-state index in [4.69, 9.17) is 21.1 Å². The zero-order chi connectivity index (χ0) is 29.2. The molecular formula is C33H25ClN2O5S. The van der Waals surface area contributed by atoms with Gasteiger partial charge in [-0.15, -0.1) is 0 Å². The highest BCUT2D eigenvalue weighted by molar-refractivity contribution is 7.22. The number of carbonyl (C=O) groups is 2. The number of carbonyl (C=O) groups excluding carboxylic acids is 2. The number of halogens is 1. The lowest BCUT2D eigenvalue weighted by Gasteiger charge is -2.23. The molecule has 0 spiro atoms. The summed E-state index contributed by atoms with van der Waals surface area (Å²) in [6, 6.07) is 28.0. The molecule has 1 fully saturated rings. The van der Waals surface area contributed by atoms with Gasteiger partial charge in [-0.05, 0) is 72.6 Å². The summed E-state index contributed by atoms with van der Waals surface area (Å²) in [6.07, 6.45) is 0. The zero-order valence-corrected chi connectivity index (χ0v) is 24.1. The summed E-state index contributed by atoms with van der Waals surface area (Å²) >= 11 is 7.44. The fraction of sp³-hybridized carbons (Fsp3) is 0.121. The van der Waals surface area contributed by atoms with Crippen molar-refractivity contribution in [2.75, 3.05) is 11.5 Å². The van der Waals surface area contributed by atoms with E-state index in [0.29, 0.717) is 51.5 Å². The van der Waals surface area contributed by atoms with E-state index in [1.54, 1.807) is 66.7 Å². The summed E-state index contributed by atoms with van der Waals surface area (Å²) in [4.78, 5) is 33.1. The molecule has 7 nitrogen and oxygen atoms in total. The van der Waals surface area contributed by atoms with Crippen LogP contribution >= 0.6 is 22.9 Å². The van der Waals surface area contributed by atoms with E-state index in [1.165, 1.54) is 16.2 Å². The maximum absolute atomic E-state index is 13.6. The Balaban J connectivity index is 1.42. The number of benzene rings is 4. The van der Waals surface area contributed by atoms with Gasteiger partial charge in [0.25, 0.3) is 5.78 Å².